The second kappa shape index (κ2) is 9.30. The first-order valence-corrected chi connectivity index (χ1v) is 11.1. The molecule has 1 heterocycles. The quantitative estimate of drug-likeness (QED) is 0.531. The fourth-order valence-electron chi connectivity index (χ4n) is 3.01. The molecular formula is C21H24N2O3S2. The SMILES string of the molecule is CCCn1c(=NC(=O)Cc2ccc(OC)cc2OC)sc2cc(SC)ccc21. The molecule has 148 valence electrons. The van der Waals surface area contributed by atoms with E-state index in [2.05, 4.69) is 40.9 Å². The summed E-state index contributed by atoms with van der Waals surface area (Å²) in [7, 11) is 3.19. The molecule has 0 aliphatic heterocycles. The first kappa shape index (κ1) is 20.5. The third kappa shape index (κ3) is 4.42. The van der Waals surface area contributed by atoms with Crippen molar-refractivity contribution in [3.8, 4) is 11.5 Å². The summed E-state index contributed by atoms with van der Waals surface area (Å²) in [5, 5.41) is 0. The first-order chi connectivity index (χ1) is 13.6. The van der Waals surface area contributed by atoms with E-state index in [9.17, 15) is 4.79 Å². The molecule has 0 spiro atoms. The topological polar surface area (TPSA) is 52.8 Å². The number of carbonyl (C=O) groups is 1. The Hall–Kier alpha value is -2.25. The van der Waals surface area contributed by atoms with Crippen LogP contribution < -0.4 is 14.3 Å². The van der Waals surface area contributed by atoms with Gasteiger partial charge >= 0.3 is 0 Å². The van der Waals surface area contributed by atoms with Gasteiger partial charge in [-0.2, -0.15) is 4.99 Å². The van der Waals surface area contributed by atoms with Crippen LogP contribution in [0.5, 0.6) is 11.5 Å². The number of amides is 1. The van der Waals surface area contributed by atoms with E-state index in [4.69, 9.17) is 9.47 Å². The normalized spacial score (nSPS) is 11.8. The summed E-state index contributed by atoms with van der Waals surface area (Å²) in [5.41, 5.74) is 1.92. The highest BCUT2D eigenvalue weighted by molar-refractivity contribution is 7.98. The van der Waals surface area contributed by atoms with Gasteiger partial charge in [-0.25, -0.2) is 0 Å². The second-order valence-corrected chi connectivity index (χ2v) is 8.12. The van der Waals surface area contributed by atoms with Gasteiger partial charge in [-0.15, -0.1) is 11.8 Å². The second-order valence-electron chi connectivity index (χ2n) is 6.23. The highest BCUT2D eigenvalue weighted by Crippen LogP contribution is 2.26. The number of hydrogen-bond donors (Lipinski definition) is 0. The maximum Gasteiger partial charge on any atom is 0.252 e. The first-order valence-electron chi connectivity index (χ1n) is 9.05. The summed E-state index contributed by atoms with van der Waals surface area (Å²) in [6.07, 6.45) is 3.22. The van der Waals surface area contributed by atoms with E-state index in [1.165, 1.54) is 4.90 Å². The lowest BCUT2D eigenvalue weighted by molar-refractivity contribution is -0.117. The Balaban J connectivity index is 1.97. The molecule has 3 rings (SSSR count). The Morgan fingerprint density at radius 2 is 2.00 bits per heavy atom. The van der Waals surface area contributed by atoms with Gasteiger partial charge in [0, 0.05) is 23.1 Å². The van der Waals surface area contributed by atoms with Gasteiger partial charge < -0.3 is 14.0 Å². The number of rotatable bonds is 7. The van der Waals surface area contributed by atoms with Crippen LogP contribution in [0.15, 0.2) is 46.3 Å². The fraction of sp³-hybridized carbons (Fsp3) is 0.333. The van der Waals surface area contributed by atoms with Crippen molar-refractivity contribution in [1.82, 2.24) is 4.57 Å². The minimum atomic E-state index is -0.190. The summed E-state index contributed by atoms with van der Waals surface area (Å²) in [5.74, 6) is 1.13. The summed E-state index contributed by atoms with van der Waals surface area (Å²) >= 11 is 3.27. The molecule has 2 aromatic carbocycles. The highest BCUT2D eigenvalue weighted by atomic mass is 32.2. The minimum Gasteiger partial charge on any atom is -0.497 e. The molecule has 3 aromatic rings. The van der Waals surface area contributed by atoms with E-state index in [0.717, 1.165) is 33.5 Å². The van der Waals surface area contributed by atoms with Crippen LogP contribution in [-0.4, -0.2) is 30.9 Å². The predicted molar refractivity (Wildman–Crippen MR) is 116 cm³/mol. The Labute approximate surface area is 173 Å². The maximum absolute atomic E-state index is 12.7. The van der Waals surface area contributed by atoms with Crippen LogP contribution >= 0.6 is 23.1 Å². The molecule has 0 atom stereocenters. The third-order valence-electron chi connectivity index (χ3n) is 4.39. The van der Waals surface area contributed by atoms with Crippen molar-refractivity contribution in [2.24, 2.45) is 4.99 Å². The average Bonchev–Trinajstić information content (AvgIpc) is 3.04. The van der Waals surface area contributed by atoms with E-state index in [1.54, 1.807) is 43.4 Å². The Morgan fingerprint density at radius 1 is 1.18 bits per heavy atom. The zero-order valence-electron chi connectivity index (χ0n) is 16.5. The molecule has 0 saturated heterocycles. The predicted octanol–water partition coefficient (Wildman–Crippen LogP) is 4.52. The van der Waals surface area contributed by atoms with Gasteiger partial charge in [-0.05, 0) is 36.9 Å². The van der Waals surface area contributed by atoms with Gasteiger partial charge in [-0.3, -0.25) is 4.79 Å². The summed E-state index contributed by atoms with van der Waals surface area (Å²) < 4.78 is 13.9. The van der Waals surface area contributed by atoms with Crippen molar-refractivity contribution < 1.29 is 14.3 Å². The monoisotopic (exact) mass is 416 g/mol. The number of aryl methyl sites for hydroxylation is 1. The molecule has 0 radical (unpaired) electrons. The number of aromatic nitrogens is 1. The molecule has 0 saturated carbocycles. The summed E-state index contributed by atoms with van der Waals surface area (Å²) in [4.78, 5) is 19.1. The maximum atomic E-state index is 12.7. The van der Waals surface area contributed by atoms with E-state index < -0.39 is 0 Å². The van der Waals surface area contributed by atoms with Gasteiger partial charge in [0.15, 0.2) is 4.80 Å². The smallest absolute Gasteiger partial charge is 0.252 e. The number of ether oxygens (including phenoxy) is 2. The van der Waals surface area contributed by atoms with E-state index >= 15 is 0 Å². The van der Waals surface area contributed by atoms with Gasteiger partial charge in [0.1, 0.15) is 11.5 Å². The molecule has 1 aromatic heterocycles. The van der Waals surface area contributed by atoms with Gasteiger partial charge in [0.25, 0.3) is 5.91 Å². The number of nitrogens with zero attached hydrogens (tertiary/aromatic N) is 2. The molecule has 1 amide bonds. The number of thiazole rings is 1. The molecule has 28 heavy (non-hydrogen) atoms. The molecule has 0 N–H and O–H groups in total. The van der Waals surface area contributed by atoms with Crippen LogP contribution in [0, 0.1) is 0 Å². The van der Waals surface area contributed by atoms with E-state index in [-0.39, 0.29) is 12.3 Å². The van der Waals surface area contributed by atoms with Gasteiger partial charge in [0.2, 0.25) is 0 Å². The number of fused-ring (bicyclic) bond motifs is 1. The zero-order valence-corrected chi connectivity index (χ0v) is 18.2. The molecule has 0 bridgehead atoms. The van der Waals surface area contributed by atoms with Crippen molar-refractivity contribution in [3.05, 3.63) is 46.8 Å². The highest BCUT2D eigenvalue weighted by Gasteiger charge is 2.12. The lowest BCUT2D eigenvalue weighted by atomic mass is 10.1. The van der Waals surface area contributed by atoms with Crippen molar-refractivity contribution in [1.29, 1.82) is 0 Å². The Morgan fingerprint density at radius 3 is 2.68 bits per heavy atom. The van der Waals surface area contributed by atoms with Crippen LogP contribution in [0.25, 0.3) is 10.2 Å². The van der Waals surface area contributed by atoms with Crippen LogP contribution in [0.1, 0.15) is 18.9 Å². The molecule has 0 aliphatic rings. The molecule has 5 nitrogen and oxygen atoms in total. The number of benzene rings is 2. The zero-order chi connectivity index (χ0) is 20.1. The summed E-state index contributed by atoms with van der Waals surface area (Å²) in [6, 6.07) is 11.8. The number of methoxy groups -OCH3 is 2. The lowest BCUT2D eigenvalue weighted by Gasteiger charge is -2.08. The number of thioether (sulfide) groups is 1. The van der Waals surface area contributed by atoms with E-state index in [0.29, 0.717) is 11.5 Å². The van der Waals surface area contributed by atoms with E-state index in [1.807, 2.05) is 12.1 Å². The Kier molecular flexibility index (Phi) is 6.80. The lowest BCUT2D eigenvalue weighted by Crippen LogP contribution is -2.17. The van der Waals surface area contributed by atoms with Crippen LogP contribution in [0.3, 0.4) is 0 Å². The Bertz CT molecular complexity index is 1050. The molecule has 0 fully saturated rings. The van der Waals surface area contributed by atoms with Crippen LogP contribution in [-0.2, 0) is 17.8 Å². The van der Waals surface area contributed by atoms with Crippen molar-refractivity contribution >= 4 is 39.2 Å². The number of carbonyl (C=O) groups excluding carboxylic acids is 1. The largest absolute Gasteiger partial charge is 0.497 e. The van der Waals surface area contributed by atoms with Gasteiger partial charge in [0.05, 0.1) is 30.9 Å². The van der Waals surface area contributed by atoms with Crippen molar-refractivity contribution in [2.75, 3.05) is 20.5 Å². The minimum absolute atomic E-state index is 0.184. The molecule has 7 heteroatoms. The standard InChI is InChI=1S/C21H24N2O3S2/c1-5-10-23-17-9-8-16(27-4)13-19(17)28-21(23)22-20(24)11-14-6-7-15(25-2)12-18(14)26-3/h6-9,12-13H,5,10-11H2,1-4H3. The fourth-order valence-corrected chi connectivity index (χ4v) is 4.64. The molecular weight excluding hydrogens is 392 g/mol. The summed E-state index contributed by atoms with van der Waals surface area (Å²) in [6.45, 7) is 2.96. The number of hydrogen-bond acceptors (Lipinski definition) is 5. The molecule has 0 unspecified atom stereocenters. The van der Waals surface area contributed by atoms with Crippen LogP contribution in [0.2, 0.25) is 0 Å². The van der Waals surface area contributed by atoms with Crippen molar-refractivity contribution in [3.63, 3.8) is 0 Å². The molecule has 0 aliphatic carbocycles. The third-order valence-corrected chi connectivity index (χ3v) is 6.16. The van der Waals surface area contributed by atoms with Crippen molar-refractivity contribution in [2.45, 2.75) is 31.2 Å². The average molecular weight is 417 g/mol. The van der Waals surface area contributed by atoms with Crippen LogP contribution in [0.4, 0.5) is 0 Å². The van der Waals surface area contributed by atoms with Gasteiger partial charge in [-0.1, -0.05) is 24.3 Å².